The van der Waals surface area contributed by atoms with Crippen molar-refractivity contribution in [1.29, 1.82) is 0 Å². The molecule has 0 saturated heterocycles. The van der Waals surface area contributed by atoms with Crippen molar-refractivity contribution in [2.45, 2.75) is 45.0 Å². The van der Waals surface area contributed by atoms with Gasteiger partial charge in [-0.05, 0) is 35.6 Å². The number of methoxy groups -OCH3 is 1. The van der Waals surface area contributed by atoms with E-state index in [0.717, 1.165) is 22.4 Å². The molecule has 0 aliphatic rings. The van der Waals surface area contributed by atoms with Crippen LogP contribution in [0.1, 0.15) is 25.0 Å². The number of ether oxygens (including phenoxy) is 1. The molecule has 218 valence electrons. The van der Waals surface area contributed by atoms with E-state index in [9.17, 15) is 24.6 Å². The Labute approximate surface area is 239 Å². The Bertz CT molecular complexity index is 1260. The van der Waals surface area contributed by atoms with Crippen LogP contribution in [0.25, 0.3) is 11.3 Å². The van der Waals surface area contributed by atoms with Gasteiger partial charge in [0.25, 0.3) is 5.91 Å². The van der Waals surface area contributed by atoms with Crippen molar-refractivity contribution in [3.05, 3.63) is 90.1 Å². The average molecular weight is 564 g/mol. The van der Waals surface area contributed by atoms with E-state index in [2.05, 4.69) is 25.8 Å². The number of carbonyl (C=O) groups is 3. The van der Waals surface area contributed by atoms with Gasteiger partial charge in [-0.2, -0.15) is 0 Å². The number of amides is 3. The molecular weight excluding hydrogens is 526 g/mol. The smallest absolute Gasteiger partial charge is 0.407 e. The summed E-state index contributed by atoms with van der Waals surface area (Å²) in [6, 6.07) is 20.7. The molecule has 0 bridgehead atoms. The summed E-state index contributed by atoms with van der Waals surface area (Å²) < 4.78 is 4.67. The summed E-state index contributed by atoms with van der Waals surface area (Å²) in [5, 5.41) is 27.1. The zero-order valence-electron chi connectivity index (χ0n) is 23.4. The van der Waals surface area contributed by atoms with Crippen molar-refractivity contribution in [3.63, 3.8) is 0 Å². The summed E-state index contributed by atoms with van der Waals surface area (Å²) in [5.41, 5.74) is 6.20. The lowest BCUT2D eigenvalue weighted by atomic mass is 10.0. The monoisotopic (exact) mass is 563 g/mol. The molecule has 0 spiro atoms. The number of benzene rings is 2. The van der Waals surface area contributed by atoms with Gasteiger partial charge in [-0.25, -0.2) is 14.6 Å². The van der Waals surface area contributed by atoms with E-state index in [1.807, 2.05) is 72.8 Å². The first-order valence-electron chi connectivity index (χ1n) is 13.3. The summed E-state index contributed by atoms with van der Waals surface area (Å²) in [6.07, 6.45) is -1.25. The van der Waals surface area contributed by atoms with E-state index in [4.69, 9.17) is 0 Å². The molecule has 41 heavy (non-hydrogen) atoms. The Balaban J connectivity index is 1.83. The number of aliphatic hydroxyl groups is 1. The fourth-order valence-corrected chi connectivity index (χ4v) is 4.29. The van der Waals surface area contributed by atoms with Gasteiger partial charge in [0.2, 0.25) is 0 Å². The van der Waals surface area contributed by atoms with E-state index >= 15 is 0 Å². The third-order valence-corrected chi connectivity index (χ3v) is 6.44. The Morgan fingerprint density at radius 3 is 2.20 bits per heavy atom. The Morgan fingerprint density at radius 1 is 0.927 bits per heavy atom. The summed E-state index contributed by atoms with van der Waals surface area (Å²) in [4.78, 5) is 41.0. The second-order valence-electron chi connectivity index (χ2n) is 9.94. The molecule has 0 aliphatic carbocycles. The van der Waals surface area contributed by atoms with Crippen LogP contribution < -0.4 is 16.1 Å². The molecule has 0 unspecified atom stereocenters. The molecule has 11 nitrogen and oxygen atoms in total. The molecule has 0 fully saturated rings. The van der Waals surface area contributed by atoms with Crippen LogP contribution in [0.3, 0.4) is 0 Å². The second-order valence-corrected chi connectivity index (χ2v) is 9.94. The van der Waals surface area contributed by atoms with Crippen LogP contribution in [0.2, 0.25) is 0 Å². The highest BCUT2D eigenvalue weighted by atomic mass is 16.5. The topological polar surface area (TPSA) is 153 Å². The van der Waals surface area contributed by atoms with Crippen molar-refractivity contribution < 1.29 is 29.3 Å². The predicted octanol–water partition coefficient (Wildman–Crippen LogP) is 3.20. The predicted molar refractivity (Wildman–Crippen MR) is 153 cm³/mol. The largest absolute Gasteiger partial charge is 0.465 e. The van der Waals surface area contributed by atoms with Crippen molar-refractivity contribution in [1.82, 2.24) is 26.1 Å². The van der Waals surface area contributed by atoms with Crippen LogP contribution in [0, 0.1) is 5.92 Å². The Kier molecular flexibility index (Phi) is 11.6. The van der Waals surface area contributed by atoms with Crippen LogP contribution in [0.15, 0.2) is 79.0 Å². The summed E-state index contributed by atoms with van der Waals surface area (Å²) >= 11 is 0. The number of rotatable bonds is 13. The molecule has 3 aromatic rings. The SMILES string of the molecule is COC(=O)N[C@H](C(=O)NN(Cc1ccc(-c2ccccn2)cc1)C[C@H](O)[C@H](Cc1ccccc1)NC(=O)O)C(C)C. The Morgan fingerprint density at radius 2 is 1.61 bits per heavy atom. The number of pyridine rings is 1. The standard InChI is InChI=1S/C30H37N5O6/c1-20(2)27(33-30(40)41-3)28(37)34-35(18-22-12-14-23(15-13-22)24-11-7-8-16-31-24)19-26(36)25(32-29(38)39)17-21-9-5-4-6-10-21/h4-16,20,25-27,32,36H,17-19H2,1-3H3,(H,33,40)(H,34,37)(H,38,39)/t25-,26-,27-/m0/s1. The van der Waals surface area contributed by atoms with Crippen LogP contribution in [0.4, 0.5) is 9.59 Å². The van der Waals surface area contributed by atoms with Crippen LogP contribution in [-0.2, 0) is 22.5 Å². The summed E-state index contributed by atoms with van der Waals surface area (Å²) in [5.74, 6) is -0.772. The number of hydrazine groups is 1. The molecule has 11 heteroatoms. The average Bonchev–Trinajstić information content (AvgIpc) is 2.96. The molecule has 5 N–H and O–H groups in total. The molecular formula is C30H37N5O6. The number of hydrogen-bond acceptors (Lipinski definition) is 7. The number of nitrogens with zero attached hydrogens (tertiary/aromatic N) is 2. The maximum Gasteiger partial charge on any atom is 0.407 e. The molecule has 3 atom stereocenters. The van der Waals surface area contributed by atoms with Gasteiger partial charge < -0.3 is 25.6 Å². The summed E-state index contributed by atoms with van der Waals surface area (Å²) in [6.45, 7) is 3.65. The highest BCUT2D eigenvalue weighted by Crippen LogP contribution is 2.18. The molecule has 0 saturated carbocycles. The Hall–Kier alpha value is -4.48. The van der Waals surface area contributed by atoms with Crippen molar-refractivity contribution >= 4 is 18.1 Å². The molecule has 1 heterocycles. The summed E-state index contributed by atoms with van der Waals surface area (Å²) in [7, 11) is 1.21. The lowest BCUT2D eigenvalue weighted by Gasteiger charge is -2.31. The lowest BCUT2D eigenvalue weighted by molar-refractivity contribution is -0.130. The minimum Gasteiger partial charge on any atom is -0.465 e. The molecule has 3 amide bonds. The van der Waals surface area contributed by atoms with Gasteiger partial charge in [-0.15, -0.1) is 0 Å². The molecule has 2 aromatic carbocycles. The number of alkyl carbamates (subject to hydrolysis) is 1. The minimum atomic E-state index is -1.27. The van der Waals surface area contributed by atoms with Crippen molar-refractivity contribution in [2.75, 3.05) is 13.7 Å². The van der Waals surface area contributed by atoms with Gasteiger partial charge in [0.05, 0.1) is 24.9 Å². The number of aromatic nitrogens is 1. The van der Waals surface area contributed by atoms with Gasteiger partial charge in [-0.3, -0.25) is 15.2 Å². The minimum absolute atomic E-state index is 0.103. The zero-order chi connectivity index (χ0) is 29.8. The lowest BCUT2D eigenvalue weighted by Crippen LogP contribution is -2.57. The van der Waals surface area contributed by atoms with E-state index in [1.165, 1.54) is 12.1 Å². The van der Waals surface area contributed by atoms with Gasteiger partial charge in [-0.1, -0.05) is 74.5 Å². The molecule has 0 aliphatic heterocycles. The highest BCUT2D eigenvalue weighted by molar-refractivity contribution is 5.85. The molecule has 3 rings (SSSR count). The van der Waals surface area contributed by atoms with Crippen LogP contribution >= 0.6 is 0 Å². The first-order chi connectivity index (χ1) is 19.7. The highest BCUT2D eigenvalue weighted by Gasteiger charge is 2.29. The van der Waals surface area contributed by atoms with Crippen molar-refractivity contribution in [2.24, 2.45) is 5.92 Å². The first-order valence-corrected chi connectivity index (χ1v) is 13.3. The van der Waals surface area contributed by atoms with E-state index in [-0.39, 0.29) is 25.4 Å². The first kappa shape index (κ1) is 31.1. The van der Waals surface area contributed by atoms with E-state index in [1.54, 1.807) is 20.0 Å². The van der Waals surface area contributed by atoms with Gasteiger partial charge in [0.1, 0.15) is 6.04 Å². The third-order valence-electron chi connectivity index (χ3n) is 6.44. The number of carboxylic acid groups (broad SMARTS) is 1. The number of carbonyl (C=O) groups excluding carboxylic acids is 2. The zero-order valence-corrected chi connectivity index (χ0v) is 23.4. The maximum absolute atomic E-state index is 13.3. The maximum atomic E-state index is 13.3. The number of nitrogens with one attached hydrogen (secondary N) is 3. The van der Waals surface area contributed by atoms with E-state index < -0.39 is 36.3 Å². The van der Waals surface area contributed by atoms with Crippen LogP contribution in [-0.4, -0.2) is 70.1 Å². The molecule has 0 radical (unpaired) electrons. The van der Waals surface area contributed by atoms with Gasteiger partial charge >= 0.3 is 12.2 Å². The van der Waals surface area contributed by atoms with Gasteiger partial charge in [0.15, 0.2) is 0 Å². The van der Waals surface area contributed by atoms with Crippen molar-refractivity contribution in [3.8, 4) is 11.3 Å². The molecule has 1 aromatic heterocycles. The number of hydrogen-bond donors (Lipinski definition) is 5. The second kappa shape index (κ2) is 15.3. The normalized spacial score (nSPS) is 13.2. The number of aliphatic hydroxyl groups excluding tert-OH is 1. The third kappa shape index (κ3) is 9.89. The van der Waals surface area contributed by atoms with Gasteiger partial charge in [0, 0.05) is 24.8 Å². The van der Waals surface area contributed by atoms with E-state index in [0.29, 0.717) is 0 Å². The fraction of sp³-hybridized carbons (Fsp3) is 0.333. The quantitative estimate of drug-likeness (QED) is 0.199. The fourth-order valence-electron chi connectivity index (χ4n) is 4.29. The van der Waals surface area contributed by atoms with Crippen LogP contribution in [0.5, 0.6) is 0 Å².